The van der Waals surface area contributed by atoms with Gasteiger partial charge in [0.15, 0.2) is 0 Å². The van der Waals surface area contributed by atoms with E-state index >= 15 is 0 Å². The van der Waals surface area contributed by atoms with Crippen LogP contribution in [0.5, 0.6) is 0 Å². The van der Waals surface area contributed by atoms with Crippen LogP contribution in [-0.4, -0.2) is 47.2 Å². The Hall–Kier alpha value is -0.950. The highest BCUT2D eigenvalue weighted by Crippen LogP contribution is 2.25. The molecule has 1 aliphatic heterocycles. The van der Waals surface area contributed by atoms with Gasteiger partial charge in [0.1, 0.15) is 10.2 Å². The van der Waals surface area contributed by atoms with Gasteiger partial charge < -0.3 is 0 Å². The van der Waals surface area contributed by atoms with Gasteiger partial charge in [0.05, 0.1) is 0 Å². The second-order valence-corrected chi connectivity index (χ2v) is 8.52. The highest BCUT2D eigenvalue weighted by atomic mass is 32.2. The van der Waals surface area contributed by atoms with E-state index in [-0.39, 0.29) is 5.82 Å². The Morgan fingerprint density at radius 3 is 2.83 bits per heavy atom. The second-order valence-electron chi connectivity index (χ2n) is 6.35. The molecule has 1 aliphatic rings. The SMILES string of the molecule is CSc1ncc(CN2CCC(N(C)Cc3cccc(F)c3)CC2)s1. The van der Waals surface area contributed by atoms with Gasteiger partial charge in [-0.05, 0) is 43.8 Å². The molecular weight excluding hydrogens is 341 g/mol. The fraction of sp³-hybridized carbons (Fsp3) is 0.500. The van der Waals surface area contributed by atoms with Crippen LogP contribution in [-0.2, 0) is 13.1 Å². The first-order valence-corrected chi connectivity index (χ1v) is 10.3. The van der Waals surface area contributed by atoms with Gasteiger partial charge in [0.25, 0.3) is 0 Å². The van der Waals surface area contributed by atoms with Crippen LogP contribution in [0.15, 0.2) is 34.8 Å². The van der Waals surface area contributed by atoms with E-state index in [1.807, 2.05) is 12.3 Å². The van der Waals surface area contributed by atoms with E-state index in [0.29, 0.717) is 6.04 Å². The number of hydrogen-bond donors (Lipinski definition) is 0. The van der Waals surface area contributed by atoms with E-state index in [0.717, 1.165) is 36.1 Å². The average Bonchev–Trinajstić information content (AvgIpc) is 3.03. The molecule has 130 valence electrons. The number of halogens is 1. The molecule has 3 rings (SSSR count). The van der Waals surface area contributed by atoms with E-state index < -0.39 is 0 Å². The first kappa shape index (κ1) is 17.9. The molecule has 1 aromatic carbocycles. The van der Waals surface area contributed by atoms with Crippen molar-refractivity contribution in [2.45, 2.75) is 36.3 Å². The summed E-state index contributed by atoms with van der Waals surface area (Å²) in [5, 5.41) is 0. The van der Waals surface area contributed by atoms with Crippen LogP contribution in [0.25, 0.3) is 0 Å². The highest BCUT2D eigenvalue weighted by Gasteiger charge is 2.23. The van der Waals surface area contributed by atoms with Crippen LogP contribution >= 0.6 is 23.1 Å². The number of thioether (sulfide) groups is 1. The Morgan fingerprint density at radius 1 is 1.38 bits per heavy atom. The average molecular weight is 366 g/mol. The van der Waals surface area contributed by atoms with E-state index in [4.69, 9.17) is 0 Å². The summed E-state index contributed by atoms with van der Waals surface area (Å²) in [4.78, 5) is 10.6. The lowest BCUT2D eigenvalue weighted by Crippen LogP contribution is -2.42. The van der Waals surface area contributed by atoms with Gasteiger partial charge in [-0.1, -0.05) is 23.9 Å². The minimum atomic E-state index is -0.148. The summed E-state index contributed by atoms with van der Waals surface area (Å²) in [5.41, 5.74) is 1.05. The number of hydrogen-bond acceptors (Lipinski definition) is 5. The first-order chi connectivity index (χ1) is 11.6. The third-order valence-corrected chi connectivity index (χ3v) is 6.57. The minimum Gasteiger partial charge on any atom is -0.299 e. The zero-order valence-electron chi connectivity index (χ0n) is 14.2. The maximum absolute atomic E-state index is 13.3. The number of piperidine rings is 1. The van der Waals surface area contributed by atoms with Crippen LogP contribution in [0.4, 0.5) is 4.39 Å². The Bertz CT molecular complexity index is 653. The van der Waals surface area contributed by atoms with Crippen molar-refractivity contribution in [3.63, 3.8) is 0 Å². The highest BCUT2D eigenvalue weighted by molar-refractivity contribution is 8.00. The van der Waals surface area contributed by atoms with Gasteiger partial charge in [-0.2, -0.15) is 0 Å². The zero-order chi connectivity index (χ0) is 16.9. The van der Waals surface area contributed by atoms with Gasteiger partial charge in [-0.25, -0.2) is 9.37 Å². The van der Waals surface area contributed by atoms with Crippen LogP contribution in [0.2, 0.25) is 0 Å². The predicted molar refractivity (Wildman–Crippen MR) is 100 cm³/mol. The van der Waals surface area contributed by atoms with E-state index in [1.165, 1.54) is 23.8 Å². The lowest BCUT2D eigenvalue weighted by molar-refractivity contribution is 0.120. The summed E-state index contributed by atoms with van der Waals surface area (Å²) in [6, 6.07) is 7.51. The van der Waals surface area contributed by atoms with Crippen molar-refractivity contribution < 1.29 is 4.39 Å². The summed E-state index contributed by atoms with van der Waals surface area (Å²) in [7, 11) is 2.15. The molecule has 0 bridgehead atoms. The maximum Gasteiger partial charge on any atom is 0.149 e. The van der Waals surface area contributed by atoms with E-state index in [1.54, 1.807) is 35.2 Å². The number of likely N-dealkylation sites (tertiary alicyclic amines) is 1. The van der Waals surface area contributed by atoms with E-state index in [9.17, 15) is 4.39 Å². The zero-order valence-corrected chi connectivity index (χ0v) is 15.9. The van der Waals surface area contributed by atoms with Crippen molar-refractivity contribution in [2.75, 3.05) is 26.4 Å². The molecule has 2 aromatic rings. The van der Waals surface area contributed by atoms with Crippen molar-refractivity contribution in [2.24, 2.45) is 0 Å². The lowest BCUT2D eigenvalue weighted by Gasteiger charge is -2.36. The van der Waals surface area contributed by atoms with Gasteiger partial charge in [-0.15, -0.1) is 11.3 Å². The number of thiazole rings is 1. The molecule has 2 heterocycles. The Balaban J connectivity index is 1.47. The monoisotopic (exact) mass is 365 g/mol. The number of nitrogens with zero attached hydrogens (tertiary/aromatic N) is 3. The summed E-state index contributed by atoms with van der Waals surface area (Å²) in [6.45, 7) is 4.06. The smallest absolute Gasteiger partial charge is 0.149 e. The third kappa shape index (κ3) is 4.79. The predicted octanol–water partition coefficient (Wildman–Crippen LogP) is 4.10. The fourth-order valence-corrected chi connectivity index (χ4v) is 4.74. The van der Waals surface area contributed by atoms with Crippen molar-refractivity contribution in [1.29, 1.82) is 0 Å². The van der Waals surface area contributed by atoms with Crippen LogP contribution < -0.4 is 0 Å². The molecule has 3 nitrogen and oxygen atoms in total. The van der Waals surface area contributed by atoms with E-state index in [2.05, 4.69) is 28.1 Å². The molecule has 0 atom stereocenters. The molecule has 0 N–H and O–H groups in total. The van der Waals surface area contributed by atoms with Crippen LogP contribution in [0.3, 0.4) is 0 Å². The minimum absolute atomic E-state index is 0.148. The molecule has 1 aromatic heterocycles. The Labute approximate surface area is 151 Å². The topological polar surface area (TPSA) is 19.4 Å². The molecule has 1 saturated heterocycles. The fourth-order valence-electron chi connectivity index (χ4n) is 3.25. The normalized spacial score (nSPS) is 16.8. The Morgan fingerprint density at radius 2 is 2.17 bits per heavy atom. The van der Waals surface area contributed by atoms with Gasteiger partial charge in [-0.3, -0.25) is 9.80 Å². The molecule has 0 radical (unpaired) electrons. The van der Waals surface area contributed by atoms with Crippen molar-refractivity contribution in [3.8, 4) is 0 Å². The van der Waals surface area contributed by atoms with Crippen molar-refractivity contribution >= 4 is 23.1 Å². The summed E-state index contributed by atoms with van der Waals surface area (Å²) < 4.78 is 14.5. The standard InChI is InChI=1S/C18H24FN3S2/c1-21(12-14-4-3-5-15(19)10-14)16-6-8-22(9-7-16)13-17-11-20-18(23-2)24-17/h3-5,10-11,16H,6-9,12-13H2,1-2H3. The molecule has 0 spiro atoms. The molecule has 24 heavy (non-hydrogen) atoms. The van der Waals surface area contributed by atoms with Gasteiger partial charge in [0.2, 0.25) is 0 Å². The quantitative estimate of drug-likeness (QED) is 0.718. The lowest BCUT2D eigenvalue weighted by atomic mass is 10.0. The number of rotatable bonds is 6. The largest absolute Gasteiger partial charge is 0.299 e. The molecule has 0 saturated carbocycles. The van der Waals surface area contributed by atoms with Gasteiger partial charge >= 0.3 is 0 Å². The number of benzene rings is 1. The van der Waals surface area contributed by atoms with Crippen LogP contribution in [0, 0.1) is 5.82 Å². The van der Waals surface area contributed by atoms with Crippen LogP contribution in [0.1, 0.15) is 23.3 Å². The number of aromatic nitrogens is 1. The van der Waals surface area contributed by atoms with Crippen molar-refractivity contribution in [1.82, 2.24) is 14.8 Å². The van der Waals surface area contributed by atoms with Gasteiger partial charge in [0, 0.05) is 43.3 Å². The maximum atomic E-state index is 13.3. The molecule has 1 fully saturated rings. The second kappa shape index (κ2) is 8.43. The molecular formula is C18H24FN3S2. The third-order valence-electron chi connectivity index (χ3n) is 4.59. The summed E-state index contributed by atoms with van der Waals surface area (Å²) in [5.74, 6) is -0.148. The molecule has 0 aliphatic carbocycles. The first-order valence-electron chi connectivity index (χ1n) is 8.30. The van der Waals surface area contributed by atoms with Crippen molar-refractivity contribution in [3.05, 3.63) is 46.7 Å². The molecule has 0 amide bonds. The Kier molecular flexibility index (Phi) is 6.27. The molecule has 0 unspecified atom stereocenters. The summed E-state index contributed by atoms with van der Waals surface area (Å²) >= 11 is 3.51. The summed E-state index contributed by atoms with van der Waals surface area (Å²) in [6.07, 6.45) is 6.42. The molecule has 6 heteroatoms.